The molecule has 0 fully saturated rings. The Morgan fingerprint density at radius 1 is 0.442 bits per heavy atom. The lowest BCUT2D eigenvalue weighted by Crippen LogP contribution is -2.08. The monoisotopic (exact) mass is 709 g/mol. The number of Topliss-reactive ketones (excluding diaryl/α,β-unsaturated/α-hetero) is 2. The van der Waals surface area contributed by atoms with Gasteiger partial charge in [0, 0.05) is 48.0 Å². The third-order valence-electron chi connectivity index (χ3n) is 10.8. The van der Waals surface area contributed by atoms with Crippen molar-refractivity contribution in [3.05, 3.63) is 86.5 Å². The van der Waals surface area contributed by atoms with Crippen LogP contribution in [0.2, 0.25) is 0 Å². The maximum atomic E-state index is 12.7. The molecule has 2 aromatic rings. The number of aryl methyl sites for hydroxylation is 2. The molecule has 0 unspecified atom stereocenters. The van der Waals surface area contributed by atoms with Crippen LogP contribution in [0.3, 0.4) is 0 Å². The number of unbranched alkanes of at least 4 members (excludes halogenated alkanes) is 12. The summed E-state index contributed by atoms with van der Waals surface area (Å²) in [4.78, 5) is 25.5. The summed E-state index contributed by atoms with van der Waals surface area (Å²) in [5.74, 6) is 0.369. The quantitative estimate of drug-likeness (QED) is 0.0652. The van der Waals surface area contributed by atoms with Crippen molar-refractivity contribution in [3.8, 4) is 0 Å². The topological polar surface area (TPSA) is 59.5 Å². The van der Waals surface area contributed by atoms with Gasteiger partial charge in [-0.15, -0.1) is 0 Å². The fourth-order valence-corrected chi connectivity index (χ4v) is 7.75. The average molecular weight is 709 g/mol. The summed E-state index contributed by atoms with van der Waals surface area (Å²) in [7, 11) is 0. The minimum absolute atomic E-state index is 0.184. The zero-order valence-electron chi connectivity index (χ0n) is 34.1. The molecule has 4 heteroatoms. The molecule has 0 amide bonds. The van der Waals surface area contributed by atoms with Crippen molar-refractivity contribution in [1.29, 1.82) is 0 Å². The lowest BCUT2D eigenvalue weighted by Gasteiger charge is -2.14. The molecule has 1 aliphatic rings. The van der Waals surface area contributed by atoms with E-state index < -0.39 is 0 Å². The number of hydrogen-bond donors (Lipinski definition) is 0. The molecule has 0 atom stereocenters. The first-order chi connectivity index (χ1) is 25.3. The predicted octanol–water partition coefficient (Wildman–Crippen LogP) is 14.1. The number of hydrogen-bond acceptors (Lipinski definition) is 2. The predicted molar refractivity (Wildman–Crippen MR) is 222 cm³/mol. The Morgan fingerprint density at radius 3 is 1.19 bits per heavy atom. The van der Waals surface area contributed by atoms with Crippen LogP contribution in [0.5, 0.6) is 0 Å². The fourth-order valence-electron chi connectivity index (χ4n) is 7.75. The van der Waals surface area contributed by atoms with Crippen molar-refractivity contribution in [3.63, 3.8) is 0 Å². The molecular weight excluding hydrogens is 637 g/mol. The number of carbonyl (C=O) groups excluding carboxylic acids is 2. The molecule has 0 N–H and O–H groups in total. The van der Waals surface area contributed by atoms with Crippen molar-refractivity contribution >= 4 is 23.0 Å². The first-order valence-corrected chi connectivity index (χ1v) is 21.5. The van der Waals surface area contributed by atoms with Crippen molar-refractivity contribution < 1.29 is 14.3 Å². The van der Waals surface area contributed by atoms with E-state index in [1.807, 2.05) is 19.9 Å². The van der Waals surface area contributed by atoms with Gasteiger partial charge in [-0.3, -0.25) is 9.59 Å². The molecule has 3 rings (SSSR count). The molecule has 2 aromatic carbocycles. The van der Waals surface area contributed by atoms with Crippen LogP contribution in [0, 0.1) is 0 Å². The van der Waals surface area contributed by atoms with Gasteiger partial charge in [-0.25, -0.2) is 4.70 Å². The van der Waals surface area contributed by atoms with E-state index in [2.05, 4.69) is 58.0 Å². The molecule has 0 saturated heterocycles. The minimum Gasteiger partial charge on any atom is -0.493 e. The molecule has 1 aliphatic heterocycles. The Balaban J connectivity index is 2.25. The second kappa shape index (κ2) is 24.2. The summed E-state index contributed by atoms with van der Waals surface area (Å²) in [5, 5.41) is 0. The molecule has 0 saturated carbocycles. The van der Waals surface area contributed by atoms with Crippen molar-refractivity contribution in [2.45, 2.75) is 196 Å². The van der Waals surface area contributed by atoms with E-state index in [-0.39, 0.29) is 11.6 Å². The van der Waals surface area contributed by atoms with Crippen LogP contribution in [-0.2, 0) is 35.3 Å². The number of carbonyl (C=O) groups is 2. The van der Waals surface area contributed by atoms with Crippen LogP contribution < -0.4 is 0 Å². The Labute approximate surface area is 318 Å². The Kier molecular flexibility index (Phi) is 20.2. The van der Waals surface area contributed by atoms with Gasteiger partial charge in [-0.1, -0.05) is 131 Å². The molecule has 0 radical (unpaired) electrons. The standard InChI is InChI=1S/C48H72N2O2/c1-7-13-17-19-20-24-28-46-45(27-23-18-14-8-2)48(42-33-39(35-43(51)11-5)30-40(34-42)36-44(52)12-6)50(49)47(46)41-31-37(25-21-15-9-3)29-38(32-41)26-22-16-10-4/h29-34H,7-28,35-36H2,1-6H3. The lowest BCUT2D eigenvalue weighted by molar-refractivity contribution is -0.345. The lowest BCUT2D eigenvalue weighted by atomic mass is 9.89. The molecule has 52 heavy (non-hydrogen) atoms. The SMILES string of the molecule is CCCCCCCCC1=C(c2cc(CCCCC)cc(CCCCC)c2)[N+](=[N-])C(c2cc(CC(=O)CC)cc(CC(=O)CC)c2)=C1CCCCCC. The number of benzene rings is 2. The normalized spacial score (nSPS) is 13.2. The fraction of sp³-hybridized carbons (Fsp3) is 0.625. The molecule has 4 nitrogen and oxygen atoms in total. The first-order valence-electron chi connectivity index (χ1n) is 21.5. The zero-order valence-corrected chi connectivity index (χ0v) is 34.1. The molecule has 0 aromatic heterocycles. The van der Waals surface area contributed by atoms with E-state index in [4.69, 9.17) is 0 Å². The number of ketones is 2. The van der Waals surface area contributed by atoms with E-state index in [0.717, 1.165) is 78.6 Å². The second-order valence-electron chi connectivity index (χ2n) is 15.4. The maximum absolute atomic E-state index is 12.7. The zero-order chi connectivity index (χ0) is 37.7. The molecule has 286 valence electrons. The highest BCUT2D eigenvalue weighted by Gasteiger charge is 2.36. The average Bonchev–Trinajstić information content (AvgIpc) is 3.41. The molecule has 1 heterocycles. The van der Waals surface area contributed by atoms with E-state index in [0.29, 0.717) is 25.7 Å². The van der Waals surface area contributed by atoms with Crippen LogP contribution in [-0.4, -0.2) is 16.3 Å². The van der Waals surface area contributed by atoms with Gasteiger partial charge in [0.25, 0.3) is 0 Å². The van der Waals surface area contributed by atoms with Crippen LogP contribution >= 0.6 is 0 Å². The summed E-state index contributed by atoms with van der Waals surface area (Å²) in [6, 6.07) is 13.4. The summed E-state index contributed by atoms with van der Waals surface area (Å²) >= 11 is 0. The van der Waals surface area contributed by atoms with Crippen molar-refractivity contribution in [2.24, 2.45) is 0 Å². The highest BCUT2D eigenvalue weighted by atomic mass is 16.1. The van der Waals surface area contributed by atoms with E-state index >= 15 is 0 Å². The van der Waals surface area contributed by atoms with Crippen LogP contribution in [0.25, 0.3) is 16.9 Å². The van der Waals surface area contributed by atoms with E-state index in [1.165, 1.54) is 110 Å². The summed E-state index contributed by atoms with van der Waals surface area (Å²) in [5.41, 5.74) is 23.6. The summed E-state index contributed by atoms with van der Waals surface area (Å²) in [6.45, 7) is 12.9. The van der Waals surface area contributed by atoms with Gasteiger partial charge in [0.05, 0.1) is 0 Å². The number of rotatable bonds is 28. The summed E-state index contributed by atoms with van der Waals surface area (Å²) < 4.78 is 1.52. The molecule has 0 spiro atoms. The summed E-state index contributed by atoms with van der Waals surface area (Å²) in [6.07, 6.45) is 24.8. The largest absolute Gasteiger partial charge is 0.493 e. The molecule has 0 aliphatic carbocycles. The smallest absolute Gasteiger partial charge is 0.211 e. The highest BCUT2D eigenvalue weighted by molar-refractivity contribution is 5.85. The minimum atomic E-state index is 0.184. The van der Waals surface area contributed by atoms with Crippen molar-refractivity contribution in [2.75, 3.05) is 0 Å². The van der Waals surface area contributed by atoms with Gasteiger partial charge in [-0.05, 0) is 97.9 Å². The Hall–Kier alpha value is -3.14. The molecule has 0 bridgehead atoms. The second-order valence-corrected chi connectivity index (χ2v) is 15.4. The van der Waals surface area contributed by atoms with Gasteiger partial charge in [0.15, 0.2) is 0 Å². The molecular formula is C48H72N2O2. The van der Waals surface area contributed by atoms with Gasteiger partial charge in [0.2, 0.25) is 11.4 Å². The Bertz CT molecular complexity index is 1450. The van der Waals surface area contributed by atoms with Crippen molar-refractivity contribution in [1.82, 2.24) is 0 Å². The van der Waals surface area contributed by atoms with Crippen LogP contribution in [0.15, 0.2) is 47.5 Å². The van der Waals surface area contributed by atoms with Gasteiger partial charge < -0.3 is 5.53 Å². The van der Waals surface area contributed by atoms with E-state index in [9.17, 15) is 15.1 Å². The third-order valence-corrected chi connectivity index (χ3v) is 10.8. The van der Waals surface area contributed by atoms with Crippen LogP contribution in [0.1, 0.15) is 203 Å². The third kappa shape index (κ3) is 13.7. The van der Waals surface area contributed by atoms with Gasteiger partial charge in [0.1, 0.15) is 11.6 Å². The van der Waals surface area contributed by atoms with Crippen LogP contribution in [0.4, 0.5) is 0 Å². The van der Waals surface area contributed by atoms with Gasteiger partial charge >= 0.3 is 0 Å². The Morgan fingerprint density at radius 2 is 0.769 bits per heavy atom. The number of allylic oxidation sites excluding steroid dienone is 2. The first kappa shape index (κ1) is 43.3. The van der Waals surface area contributed by atoms with Gasteiger partial charge in [-0.2, -0.15) is 0 Å². The number of nitrogens with zero attached hydrogens (tertiary/aromatic N) is 2. The maximum Gasteiger partial charge on any atom is 0.211 e. The highest BCUT2D eigenvalue weighted by Crippen LogP contribution is 2.45. The van der Waals surface area contributed by atoms with E-state index in [1.54, 1.807) is 0 Å².